The maximum atomic E-state index is 4.29. The Balaban J connectivity index is 2.02. The molecule has 4 heteroatoms. The zero-order valence-electron chi connectivity index (χ0n) is 8.97. The molecule has 0 saturated carbocycles. The molecule has 0 atom stereocenters. The van der Waals surface area contributed by atoms with Crippen LogP contribution in [0.25, 0.3) is 0 Å². The zero-order chi connectivity index (χ0) is 10.7. The first-order valence-electron chi connectivity index (χ1n) is 5.05. The summed E-state index contributed by atoms with van der Waals surface area (Å²) in [7, 11) is 0. The Morgan fingerprint density at radius 1 is 1.53 bits per heavy atom. The van der Waals surface area contributed by atoms with Crippen LogP contribution in [0.3, 0.4) is 0 Å². The molecule has 0 radical (unpaired) electrons. The molecule has 0 spiro atoms. The van der Waals surface area contributed by atoms with Crippen molar-refractivity contribution in [2.45, 2.75) is 26.4 Å². The minimum Gasteiger partial charge on any atom is -0.352 e. The highest BCUT2D eigenvalue weighted by atomic mass is 32.1. The summed E-state index contributed by atoms with van der Waals surface area (Å²) in [6, 6.07) is 2.57. The topological polar surface area (TPSA) is 29.9 Å². The van der Waals surface area contributed by atoms with E-state index in [1.165, 1.54) is 5.56 Å². The maximum Gasteiger partial charge on any atom is 0.203 e. The summed E-state index contributed by atoms with van der Waals surface area (Å²) in [6.07, 6.45) is 3.83. The van der Waals surface area contributed by atoms with Crippen molar-refractivity contribution < 1.29 is 0 Å². The lowest BCUT2D eigenvalue weighted by Crippen LogP contribution is -2.08. The summed E-state index contributed by atoms with van der Waals surface area (Å²) >= 11 is 1.72. The van der Waals surface area contributed by atoms with Gasteiger partial charge in [-0.25, -0.2) is 4.98 Å². The second kappa shape index (κ2) is 4.49. The standard InChI is InChI=1S/C11H15N3S/c1-9(2)14-5-4-12-11(14)13-7-10-3-6-15-8-10/h3-6,8-9H,7H2,1-2H3,(H,12,13). The van der Waals surface area contributed by atoms with Gasteiger partial charge in [0.25, 0.3) is 0 Å². The van der Waals surface area contributed by atoms with Gasteiger partial charge in [-0.2, -0.15) is 11.3 Å². The van der Waals surface area contributed by atoms with E-state index < -0.39 is 0 Å². The number of anilines is 1. The number of hydrogen-bond acceptors (Lipinski definition) is 3. The first kappa shape index (κ1) is 10.2. The lowest BCUT2D eigenvalue weighted by Gasteiger charge is -2.12. The lowest BCUT2D eigenvalue weighted by molar-refractivity contribution is 0.604. The quantitative estimate of drug-likeness (QED) is 0.859. The number of nitrogens with one attached hydrogen (secondary N) is 1. The molecule has 3 nitrogen and oxygen atoms in total. The van der Waals surface area contributed by atoms with Crippen LogP contribution in [-0.4, -0.2) is 9.55 Å². The molecule has 15 heavy (non-hydrogen) atoms. The van der Waals surface area contributed by atoms with E-state index in [0.717, 1.165) is 12.5 Å². The molecule has 2 rings (SSSR count). The highest BCUT2D eigenvalue weighted by molar-refractivity contribution is 7.07. The molecule has 0 fully saturated rings. The fourth-order valence-corrected chi connectivity index (χ4v) is 2.11. The number of aromatic nitrogens is 2. The van der Waals surface area contributed by atoms with E-state index in [4.69, 9.17) is 0 Å². The van der Waals surface area contributed by atoms with Crippen LogP contribution in [0.4, 0.5) is 5.95 Å². The van der Waals surface area contributed by atoms with Gasteiger partial charge in [0.1, 0.15) is 0 Å². The van der Waals surface area contributed by atoms with Crippen molar-refractivity contribution in [2.24, 2.45) is 0 Å². The average molecular weight is 221 g/mol. The van der Waals surface area contributed by atoms with Crippen LogP contribution in [0.5, 0.6) is 0 Å². The van der Waals surface area contributed by atoms with E-state index in [0.29, 0.717) is 6.04 Å². The monoisotopic (exact) mass is 221 g/mol. The third-order valence-electron chi connectivity index (χ3n) is 2.26. The molecule has 0 amide bonds. The lowest BCUT2D eigenvalue weighted by atomic mass is 10.3. The Hall–Kier alpha value is -1.29. The molecular formula is C11H15N3S. The van der Waals surface area contributed by atoms with Crippen molar-refractivity contribution in [1.82, 2.24) is 9.55 Å². The first-order valence-corrected chi connectivity index (χ1v) is 5.99. The molecule has 2 aromatic heterocycles. The minimum atomic E-state index is 0.442. The third kappa shape index (κ3) is 2.39. The number of imidazole rings is 1. The largest absolute Gasteiger partial charge is 0.352 e. The molecule has 1 N–H and O–H groups in total. The normalized spacial score (nSPS) is 10.9. The summed E-state index contributed by atoms with van der Waals surface area (Å²) in [5, 5.41) is 7.57. The Bertz CT molecular complexity index is 403. The molecule has 0 unspecified atom stereocenters. The van der Waals surface area contributed by atoms with Gasteiger partial charge in [0.05, 0.1) is 0 Å². The molecule has 0 bridgehead atoms. The minimum absolute atomic E-state index is 0.442. The van der Waals surface area contributed by atoms with Gasteiger partial charge >= 0.3 is 0 Å². The summed E-state index contributed by atoms with van der Waals surface area (Å²) < 4.78 is 2.13. The molecule has 80 valence electrons. The average Bonchev–Trinajstić information content (AvgIpc) is 2.86. The first-order chi connectivity index (χ1) is 7.27. The van der Waals surface area contributed by atoms with Crippen molar-refractivity contribution in [3.63, 3.8) is 0 Å². The number of thiophene rings is 1. The van der Waals surface area contributed by atoms with Crippen LogP contribution in [-0.2, 0) is 6.54 Å². The Morgan fingerprint density at radius 3 is 3.07 bits per heavy atom. The number of hydrogen-bond donors (Lipinski definition) is 1. The number of rotatable bonds is 4. The molecule has 0 aromatic carbocycles. The maximum absolute atomic E-state index is 4.29. The predicted octanol–water partition coefficient (Wildman–Crippen LogP) is 3.14. The van der Waals surface area contributed by atoms with Gasteiger partial charge in [-0.1, -0.05) is 0 Å². The second-order valence-electron chi connectivity index (χ2n) is 3.74. The van der Waals surface area contributed by atoms with Gasteiger partial charge in [0, 0.05) is 25.0 Å². The Labute approximate surface area is 93.8 Å². The second-order valence-corrected chi connectivity index (χ2v) is 4.52. The Kier molecular flexibility index (Phi) is 3.06. The van der Waals surface area contributed by atoms with Gasteiger partial charge in [-0.3, -0.25) is 0 Å². The van der Waals surface area contributed by atoms with Gasteiger partial charge in [0.15, 0.2) is 0 Å². The van der Waals surface area contributed by atoms with E-state index in [1.807, 2.05) is 12.4 Å². The third-order valence-corrected chi connectivity index (χ3v) is 2.99. The van der Waals surface area contributed by atoms with Crippen LogP contribution in [0.1, 0.15) is 25.5 Å². The smallest absolute Gasteiger partial charge is 0.203 e. The van der Waals surface area contributed by atoms with Crippen LogP contribution in [0, 0.1) is 0 Å². The van der Waals surface area contributed by atoms with E-state index in [9.17, 15) is 0 Å². The highest BCUT2D eigenvalue weighted by Gasteiger charge is 2.04. The van der Waals surface area contributed by atoms with Crippen molar-refractivity contribution >= 4 is 17.3 Å². The summed E-state index contributed by atoms with van der Waals surface area (Å²) in [5.74, 6) is 0.941. The van der Waals surface area contributed by atoms with E-state index in [1.54, 1.807) is 11.3 Å². The van der Waals surface area contributed by atoms with Crippen molar-refractivity contribution in [1.29, 1.82) is 0 Å². The molecule has 2 heterocycles. The summed E-state index contributed by atoms with van der Waals surface area (Å²) in [4.78, 5) is 4.29. The molecule has 0 saturated heterocycles. The van der Waals surface area contributed by atoms with Gasteiger partial charge in [-0.15, -0.1) is 0 Å². The van der Waals surface area contributed by atoms with Crippen LogP contribution in [0.2, 0.25) is 0 Å². The van der Waals surface area contributed by atoms with Crippen LogP contribution >= 0.6 is 11.3 Å². The molecule has 2 aromatic rings. The molecule has 0 aliphatic heterocycles. The van der Waals surface area contributed by atoms with Gasteiger partial charge in [0.2, 0.25) is 5.95 Å². The van der Waals surface area contributed by atoms with Crippen molar-refractivity contribution in [3.8, 4) is 0 Å². The fraction of sp³-hybridized carbons (Fsp3) is 0.364. The summed E-state index contributed by atoms with van der Waals surface area (Å²) in [6.45, 7) is 5.14. The van der Waals surface area contributed by atoms with Gasteiger partial charge < -0.3 is 9.88 Å². The summed E-state index contributed by atoms with van der Waals surface area (Å²) in [5.41, 5.74) is 1.30. The van der Waals surface area contributed by atoms with E-state index in [2.05, 4.69) is 45.5 Å². The Morgan fingerprint density at radius 2 is 2.40 bits per heavy atom. The van der Waals surface area contributed by atoms with E-state index in [-0.39, 0.29) is 0 Å². The van der Waals surface area contributed by atoms with Crippen molar-refractivity contribution in [2.75, 3.05) is 5.32 Å². The SMILES string of the molecule is CC(C)n1ccnc1NCc1ccsc1. The molecule has 0 aliphatic carbocycles. The van der Waals surface area contributed by atoms with Gasteiger partial charge in [-0.05, 0) is 36.2 Å². The van der Waals surface area contributed by atoms with Crippen LogP contribution in [0.15, 0.2) is 29.2 Å². The fourth-order valence-electron chi connectivity index (χ4n) is 1.44. The zero-order valence-corrected chi connectivity index (χ0v) is 9.79. The molecular weight excluding hydrogens is 206 g/mol. The van der Waals surface area contributed by atoms with Crippen molar-refractivity contribution in [3.05, 3.63) is 34.8 Å². The number of nitrogens with zero attached hydrogens (tertiary/aromatic N) is 2. The van der Waals surface area contributed by atoms with Crippen LogP contribution < -0.4 is 5.32 Å². The van der Waals surface area contributed by atoms with E-state index >= 15 is 0 Å². The highest BCUT2D eigenvalue weighted by Crippen LogP contribution is 2.14. The molecule has 0 aliphatic rings. The predicted molar refractivity (Wildman–Crippen MR) is 64.3 cm³/mol.